The summed E-state index contributed by atoms with van der Waals surface area (Å²) in [5, 5.41) is 9.35. The van der Waals surface area contributed by atoms with Gasteiger partial charge < -0.3 is 10.0 Å². The molecule has 0 heterocycles. The lowest BCUT2D eigenvalue weighted by Gasteiger charge is -2.39. The number of rotatable bonds is 5. The Morgan fingerprint density at radius 2 is 1.93 bits per heavy atom. The molecule has 1 rings (SSSR count). The van der Waals surface area contributed by atoms with Crippen LogP contribution in [0.5, 0.6) is 0 Å². The Morgan fingerprint density at radius 1 is 1.33 bits per heavy atom. The lowest BCUT2D eigenvalue weighted by Crippen LogP contribution is -2.41. The highest BCUT2D eigenvalue weighted by molar-refractivity contribution is 7.80. The molecule has 0 aliphatic heterocycles. The second-order valence-corrected chi connectivity index (χ2v) is 5.58. The molecule has 1 N–H and O–H groups in total. The Bertz CT molecular complexity index is 178. The van der Waals surface area contributed by atoms with Gasteiger partial charge in [0.1, 0.15) is 0 Å². The molecule has 0 spiro atoms. The van der Waals surface area contributed by atoms with E-state index in [9.17, 15) is 5.11 Å². The summed E-state index contributed by atoms with van der Waals surface area (Å²) in [5.41, 5.74) is 0.408. The molecular formula is C12H25NOS. The molecule has 0 aromatic carbocycles. The third kappa shape index (κ3) is 4.33. The van der Waals surface area contributed by atoms with Gasteiger partial charge in [-0.1, -0.05) is 19.3 Å². The molecule has 0 aromatic heterocycles. The Kier molecular flexibility index (Phi) is 5.44. The average Bonchev–Trinajstić information content (AvgIpc) is 2.17. The maximum Gasteiger partial charge on any atom is 0.0638 e. The highest BCUT2D eigenvalue weighted by Gasteiger charge is 2.31. The number of likely N-dealkylation sites (N-methyl/N-ethyl adjacent to an activating group) is 1. The van der Waals surface area contributed by atoms with Crippen molar-refractivity contribution in [2.45, 2.75) is 45.1 Å². The van der Waals surface area contributed by atoms with Crippen molar-refractivity contribution in [3.8, 4) is 0 Å². The predicted octanol–water partition coefficient (Wildman–Crippen LogP) is 2.18. The van der Waals surface area contributed by atoms with E-state index in [0.29, 0.717) is 5.41 Å². The third-order valence-corrected chi connectivity index (χ3v) is 4.10. The summed E-state index contributed by atoms with van der Waals surface area (Å²) < 4.78 is 0. The van der Waals surface area contributed by atoms with Crippen molar-refractivity contribution in [2.75, 3.05) is 25.9 Å². The molecule has 1 fully saturated rings. The van der Waals surface area contributed by atoms with Gasteiger partial charge in [0, 0.05) is 13.1 Å². The van der Waals surface area contributed by atoms with E-state index in [1.807, 2.05) is 6.92 Å². The standard InChI is InChI=1S/C12H25NOS/c1-11(14)8-13(2)9-12(10-15)6-4-3-5-7-12/h11,14-15H,3-10H2,1-2H3. The van der Waals surface area contributed by atoms with Crippen molar-refractivity contribution in [1.29, 1.82) is 0 Å². The quantitative estimate of drug-likeness (QED) is 0.709. The van der Waals surface area contributed by atoms with E-state index in [0.717, 1.165) is 18.8 Å². The number of nitrogens with zero attached hydrogens (tertiary/aromatic N) is 1. The summed E-state index contributed by atoms with van der Waals surface area (Å²) in [4.78, 5) is 2.26. The van der Waals surface area contributed by atoms with Crippen LogP contribution in [0, 0.1) is 5.41 Å². The molecule has 3 heteroatoms. The van der Waals surface area contributed by atoms with E-state index in [2.05, 4.69) is 24.6 Å². The second kappa shape index (κ2) is 6.12. The molecule has 1 aliphatic carbocycles. The number of aliphatic hydroxyl groups excluding tert-OH is 1. The fourth-order valence-electron chi connectivity index (χ4n) is 2.76. The van der Waals surface area contributed by atoms with Crippen LogP contribution in [-0.2, 0) is 0 Å². The molecule has 0 radical (unpaired) electrons. The minimum absolute atomic E-state index is 0.226. The van der Waals surface area contributed by atoms with E-state index in [-0.39, 0.29) is 6.10 Å². The molecule has 90 valence electrons. The molecule has 0 bridgehead atoms. The first kappa shape index (κ1) is 13.3. The molecule has 0 amide bonds. The fourth-order valence-corrected chi connectivity index (χ4v) is 3.17. The van der Waals surface area contributed by atoms with Crippen molar-refractivity contribution >= 4 is 12.6 Å². The van der Waals surface area contributed by atoms with Gasteiger partial charge in [0.15, 0.2) is 0 Å². The van der Waals surface area contributed by atoms with Gasteiger partial charge in [0.25, 0.3) is 0 Å². The summed E-state index contributed by atoms with van der Waals surface area (Å²) in [6.45, 7) is 3.71. The fraction of sp³-hybridized carbons (Fsp3) is 1.00. The van der Waals surface area contributed by atoms with Crippen molar-refractivity contribution in [2.24, 2.45) is 5.41 Å². The van der Waals surface area contributed by atoms with Crippen LogP contribution in [-0.4, -0.2) is 42.0 Å². The highest BCUT2D eigenvalue weighted by atomic mass is 32.1. The van der Waals surface area contributed by atoms with Crippen LogP contribution in [0.25, 0.3) is 0 Å². The van der Waals surface area contributed by atoms with Crippen LogP contribution in [0.15, 0.2) is 0 Å². The Morgan fingerprint density at radius 3 is 2.40 bits per heavy atom. The summed E-state index contributed by atoms with van der Waals surface area (Å²) in [7, 11) is 2.10. The summed E-state index contributed by atoms with van der Waals surface area (Å²) in [5.74, 6) is 0.983. The Labute approximate surface area is 99.5 Å². The van der Waals surface area contributed by atoms with Crippen molar-refractivity contribution in [3.05, 3.63) is 0 Å². The first-order chi connectivity index (χ1) is 7.08. The highest BCUT2D eigenvalue weighted by Crippen LogP contribution is 2.37. The zero-order chi connectivity index (χ0) is 11.3. The molecule has 1 saturated carbocycles. The smallest absolute Gasteiger partial charge is 0.0638 e. The lowest BCUT2D eigenvalue weighted by molar-refractivity contribution is 0.0951. The minimum Gasteiger partial charge on any atom is -0.392 e. The monoisotopic (exact) mass is 231 g/mol. The van der Waals surface area contributed by atoms with Crippen LogP contribution < -0.4 is 0 Å². The molecule has 0 aromatic rings. The van der Waals surface area contributed by atoms with Crippen molar-refractivity contribution < 1.29 is 5.11 Å². The van der Waals surface area contributed by atoms with Crippen LogP contribution in [0.4, 0.5) is 0 Å². The molecule has 2 nitrogen and oxygen atoms in total. The largest absolute Gasteiger partial charge is 0.392 e. The number of hydrogen-bond donors (Lipinski definition) is 2. The van der Waals surface area contributed by atoms with E-state index in [1.54, 1.807) is 0 Å². The zero-order valence-corrected chi connectivity index (χ0v) is 11.0. The molecule has 1 unspecified atom stereocenters. The summed E-state index contributed by atoms with van der Waals surface area (Å²) >= 11 is 4.53. The van der Waals surface area contributed by atoms with Gasteiger partial charge in [-0.05, 0) is 38.0 Å². The lowest BCUT2D eigenvalue weighted by atomic mass is 9.75. The SMILES string of the molecule is CC(O)CN(C)CC1(CS)CCCCC1. The summed E-state index contributed by atoms with van der Waals surface area (Å²) in [6, 6.07) is 0. The van der Waals surface area contributed by atoms with E-state index in [1.165, 1.54) is 32.1 Å². The van der Waals surface area contributed by atoms with Gasteiger partial charge in [-0.3, -0.25) is 0 Å². The number of aliphatic hydroxyl groups is 1. The summed E-state index contributed by atoms with van der Waals surface area (Å²) in [6.07, 6.45) is 6.47. The minimum atomic E-state index is -0.226. The van der Waals surface area contributed by atoms with Gasteiger partial charge in [-0.15, -0.1) is 0 Å². The van der Waals surface area contributed by atoms with Crippen LogP contribution in [0.3, 0.4) is 0 Å². The Balaban J connectivity index is 2.43. The first-order valence-electron chi connectivity index (χ1n) is 6.05. The molecule has 0 saturated heterocycles. The molecule has 1 atom stereocenters. The van der Waals surface area contributed by atoms with E-state index < -0.39 is 0 Å². The van der Waals surface area contributed by atoms with Crippen LogP contribution >= 0.6 is 12.6 Å². The zero-order valence-electron chi connectivity index (χ0n) is 10.1. The maximum atomic E-state index is 9.35. The van der Waals surface area contributed by atoms with E-state index >= 15 is 0 Å². The maximum absolute atomic E-state index is 9.35. The van der Waals surface area contributed by atoms with Gasteiger partial charge in [-0.2, -0.15) is 12.6 Å². The van der Waals surface area contributed by atoms with Crippen molar-refractivity contribution in [1.82, 2.24) is 4.90 Å². The topological polar surface area (TPSA) is 23.5 Å². The number of thiol groups is 1. The molecule has 1 aliphatic rings. The third-order valence-electron chi connectivity index (χ3n) is 3.43. The first-order valence-corrected chi connectivity index (χ1v) is 6.69. The predicted molar refractivity (Wildman–Crippen MR) is 68.5 cm³/mol. The van der Waals surface area contributed by atoms with E-state index in [4.69, 9.17) is 0 Å². The van der Waals surface area contributed by atoms with Gasteiger partial charge in [-0.25, -0.2) is 0 Å². The number of hydrogen-bond acceptors (Lipinski definition) is 3. The van der Waals surface area contributed by atoms with Gasteiger partial charge in [0.05, 0.1) is 6.10 Å². The van der Waals surface area contributed by atoms with Crippen LogP contribution in [0.2, 0.25) is 0 Å². The Hall–Kier alpha value is 0.270. The van der Waals surface area contributed by atoms with Gasteiger partial charge in [0.2, 0.25) is 0 Å². The second-order valence-electron chi connectivity index (χ2n) is 5.26. The van der Waals surface area contributed by atoms with Crippen molar-refractivity contribution in [3.63, 3.8) is 0 Å². The van der Waals surface area contributed by atoms with Crippen LogP contribution in [0.1, 0.15) is 39.0 Å². The average molecular weight is 231 g/mol. The van der Waals surface area contributed by atoms with Gasteiger partial charge >= 0.3 is 0 Å². The molecule has 15 heavy (non-hydrogen) atoms. The molecular weight excluding hydrogens is 206 g/mol. The normalized spacial score (nSPS) is 23.0.